The summed E-state index contributed by atoms with van der Waals surface area (Å²) in [5, 5.41) is 18.2. The van der Waals surface area contributed by atoms with E-state index >= 15 is 0 Å². The summed E-state index contributed by atoms with van der Waals surface area (Å²) in [6.07, 6.45) is -0.725. The zero-order valence-corrected chi connectivity index (χ0v) is 21.1. The Balaban J connectivity index is 1.86. The molecule has 1 aliphatic heterocycles. The van der Waals surface area contributed by atoms with Gasteiger partial charge in [0.25, 0.3) is 5.69 Å². The Kier molecular flexibility index (Phi) is 7.55. The molecule has 1 aromatic carbocycles. The maximum Gasteiger partial charge on any atom is 0.410 e. The number of anilines is 1. The van der Waals surface area contributed by atoms with Crippen molar-refractivity contribution in [3.63, 3.8) is 0 Å². The maximum absolute atomic E-state index is 12.8. The van der Waals surface area contributed by atoms with Gasteiger partial charge in [-0.3, -0.25) is 4.68 Å². The molecule has 1 amide bonds. The van der Waals surface area contributed by atoms with Crippen molar-refractivity contribution in [2.45, 2.75) is 64.4 Å². The van der Waals surface area contributed by atoms with E-state index in [0.29, 0.717) is 35.6 Å². The van der Waals surface area contributed by atoms with E-state index in [1.165, 1.54) is 0 Å². The van der Waals surface area contributed by atoms with Crippen molar-refractivity contribution in [1.82, 2.24) is 14.7 Å². The van der Waals surface area contributed by atoms with Crippen molar-refractivity contribution in [2.75, 3.05) is 19.0 Å². The van der Waals surface area contributed by atoms with Gasteiger partial charge in [0, 0.05) is 13.1 Å². The number of halogens is 1. The third kappa shape index (κ3) is 5.78. The number of carbonyl (C=O) groups is 1. The minimum atomic E-state index is -0.738. The SMILES string of the molecule is [C-]#[N+]c1c(Br)nn([C@H]2C[C@H](C(C)O)N(C(=O)OC(C)(C)C)C2)c1NCc1ccc(OC)cc1. The minimum Gasteiger partial charge on any atom is -0.497 e. The van der Waals surface area contributed by atoms with E-state index < -0.39 is 23.8 Å². The third-order valence-electron chi connectivity index (χ3n) is 5.43. The lowest BCUT2D eigenvalue weighted by Crippen LogP contribution is -2.44. The Morgan fingerprint density at radius 2 is 2.06 bits per heavy atom. The standard InChI is InChI=1S/C23H30BrN5O4/c1-14(30)18-11-16(13-28(18)22(31)33-23(2,3)4)29-21(19(25-5)20(24)27-29)26-12-15-7-9-17(32-6)10-8-15/h7-10,14,16,18,26,30H,11-13H2,1-4,6H3/t14?,16-,18+/m0/s1. The molecule has 3 atom stereocenters. The van der Waals surface area contributed by atoms with Gasteiger partial charge in [0.05, 0.1) is 31.9 Å². The fourth-order valence-electron chi connectivity index (χ4n) is 3.86. The van der Waals surface area contributed by atoms with E-state index in [-0.39, 0.29) is 6.04 Å². The molecule has 2 aromatic rings. The third-order valence-corrected chi connectivity index (χ3v) is 5.96. The molecule has 1 aliphatic rings. The lowest BCUT2D eigenvalue weighted by Gasteiger charge is -2.29. The molecule has 3 rings (SSSR count). The summed E-state index contributed by atoms with van der Waals surface area (Å²) in [6.45, 7) is 15.5. The second-order valence-electron chi connectivity index (χ2n) is 9.08. The predicted molar refractivity (Wildman–Crippen MR) is 129 cm³/mol. The molecule has 0 saturated carbocycles. The Hall–Kier alpha value is -2.77. The van der Waals surface area contributed by atoms with Crippen LogP contribution in [-0.4, -0.2) is 57.3 Å². The molecule has 2 N–H and O–H groups in total. The summed E-state index contributed by atoms with van der Waals surface area (Å²) in [6, 6.07) is 7.00. The highest BCUT2D eigenvalue weighted by atomic mass is 79.9. The highest BCUT2D eigenvalue weighted by molar-refractivity contribution is 9.10. The minimum absolute atomic E-state index is 0.234. The number of amides is 1. The Morgan fingerprint density at radius 3 is 2.61 bits per heavy atom. The number of aromatic nitrogens is 2. The van der Waals surface area contributed by atoms with Gasteiger partial charge < -0.3 is 24.8 Å². The van der Waals surface area contributed by atoms with Crippen LogP contribution in [0.25, 0.3) is 4.85 Å². The number of aliphatic hydroxyl groups is 1. The normalized spacial score (nSPS) is 19.2. The van der Waals surface area contributed by atoms with Gasteiger partial charge in [-0.1, -0.05) is 12.1 Å². The van der Waals surface area contributed by atoms with Crippen molar-refractivity contribution in [2.24, 2.45) is 0 Å². The first-order valence-corrected chi connectivity index (χ1v) is 11.5. The molecule has 0 radical (unpaired) electrons. The number of benzene rings is 1. The van der Waals surface area contributed by atoms with Crippen LogP contribution in [0, 0.1) is 6.57 Å². The van der Waals surface area contributed by atoms with Crippen molar-refractivity contribution >= 4 is 33.5 Å². The fourth-order valence-corrected chi connectivity index (χ4v) is 4.31. The molecule has 1 saturated heterocycles. The maximum atomic E-state index is 12.8. The average molecular weight is 520 g/mol. The van der Waals surface area contributed by atoms with Crippen LogP contribution >= 0.6 is 15.9 Å². The first kappa shape index (κ1) is 24.9. The number of likely N-dealkylation sites (tertiary alicyclic amines) is 1. The van der Waals surface area contributed by atoms with Crippen LogP contribution in [0.2, 0.25) is 0 Å². The van der Waals surface area contributed by atoms with Crippen LogP contribution in [0.3, 0.4) is 0 Å². The monoisotopic (exact) mass is 519 g/mol. The van der Waals surface area contributed by atoms with Crippen LogP contribution < -0.4 is 10.1 Å². The summed E-state index contributed by atoms with van der Waals surface area (Å²) in [5.74, 6) is 1.33. The largest absolute Gasteiger partial charge is 0.497 e. The summed E-state index contributed by atoms with van der Waals surface area (Å²) in [4.78, 5) is 18.0. The molecule has 178 valence electrons. The van der Waals surface area contributed by atoms with Crippen LogP contribution in [0.5, 0.6) is 5.75 Å². The van der Waals surface area contributed by atoms with E-state index in [0.717, 1.165) is 11.3 Å². The van der Waals surface area contributed by atoms with Gasteiger partial charge in [0.15, 0.2) is 0 Å². The van der Waals surface area contributed by atoms with Crippen LogP contribution in [0.1, 0.15) is 45.7 Å². The molecule has 1 fully saturated rings. The lowest BCUT2D eigenvalue weighted by atomic mass is 10.1. The molecule has 0 bridgehead atoms. The summed E-state index contributed by atoms with van der Waals surface area (Å²) in [5.41, 5.74) is 0.738. The highest BCUT2D eigenvalue weighted by Gasteiger charge is 2.42. The number of nitrogens with zero attached hydrogens (tertiary/aromatic N) is 4. The van der Waals surface area contributed by atoms with Gasteiger partial charge in [-0.15, -0.1) is 0 Å². The molecule has 0 aliphatic carbocycles. The first-order chi connectivity index (χ1) is 15.5. The van der Waals surface area contributed by atoms with Crippen LogP contribution in [0.15, 0.2) is 28.9 Å². The number of ether oxygens (including phenoxy) is 2. The van der Waals surface area contributed by atoms with Gasteiger partial charge >= 0.3 is 6.09 Å². The van der Waals surface area contributed by atoms with Gasteiger partial charge in [-0.2, -0.15) is 5.10 Å². The molecule has 9 nitrogen and oxygen atoms in total. The van der Waals surface area contributed by atoms with Crippen molar-refractivity contribution in [1.29, 1.82) is 0 Å². The van der Waals surface area contributed by atoms with Gasteiger partial charge in [-0.05, 0) is 67.7 Å². The quantitative estimate of drug-likeness (QED) is 0.535. The molecule has 33 heavy (non-hydrogen) atoms. The molecular formula is C23H30BrN5O4. The predicted octanol–water partition coefficient (Wildman–Crippen LogP) is 4.75. The van der Waals surface area contributed by atoms with Gasteiger partial charge in [-0.25, -0.2) is 9.64 Å². The molecule has 0 spiro atoms. The number of carbonyl (C=O) groups excluding carboxylic acids is 1. The van der Waals surface area contributed by atoms with Crippen molar-refractivity contribution < 1.29 is 19.4 Å². The van der Waals surface area contributed by atoms with Crippen molar-refractivity contribution in [3.05, 3.63) is 45.8 Å². The Morgan fingerprint density at radius 1 is 1.39 bits per heavy atom. The smallest absolute Gasteiger partial charge is 0.410 e. The van der Waals surface area contributed by atoms with E-state index in [4.69, 9.17) is 16.0 Å². The van der Waals surface area contributed by atoms with Gasteiger partial charge in [0.2, 0.25) is 0 Å². The number of aliphatic hydroxyl groups excluding tert-OH is 1. The average Bonchev–Trinajstić information content (AvgIpc) is 3.32. The van der Waals surface area contributed by atoms with Crippen molar-refractivity contribution in [3.8, 4) is 5.75 Å². The van der Waals surface area contributed by atoms with Crippen LogP contribution in [-0.2, 0) is 11.3 Å². The number of nitrogens with one attached hydrogen (secondary N) is 1. The summed E-state index contributed by atoms with van der Waals surface area (Å²) >= 11 is 3.39. The van der Waals surface area contributed by atoms with Gasteiger partial charge in [0.1, 0.15) is 21.8 Å². The summed E-state index contributed by atoms with van der Waals surface area (Å²) < 4.78 is 12.9. The van der Waals surface area contributed by atoms with Crippen LogP contribution in [0.4, 0.5) is 16.3 Å². The molecule has 2 heterocycles. The molecule has 1 aromatic heterocycles. The Labute approximate surface area is 202 Å². The lowest BCUT2D eigenvalue weighted by molar-refractivity contribution is 0.00782. The molecular weight excluding hydrogens is 490 g/mol. The van der Waals surface area contributed by atoms with E-state index in [9.17, 15) is 9.90 Å². The fraction of sp³-hybridized carbons (Fsp3) is 0.522. The van der Waals surface area contributed by atoms with E-state index in [1.54, 1.807) is 23.6 Å². The molecule has 1 unspecified atom stereocenters. The summed E-state index contributed by atoms with van der Waals surface area (Å²) in [7, 11) is 1.62. The number of hydrogen-bond donors (Lipinski definition) is 2. The Bertz CT molecular complexity index is 1020. The second kappa shape index (κ2) is 10.0. The first-order valence-electron chi connectivity index (χ1n) is 10.7. The number of methoxy groups -OCH3 is 1. The topological polar surface area (TPSA) is 93.2 Å². The highest BCUT2D eigenvalue weighted by Crippen LogP contribution is 2.39. The molecule has 10 heteroatoms. The number of rotatable bonds is 6. The van der Waals surface area contributed by atoms with E-state index in [2.05, 4.69) is 31.2 Å². The second-order valence-corrected chi connectivity index (χ2v) is 9.83. The van der Waals surface area contributed by atoms with E-state index in [1.807, 2.05) is 45.0 Å². The number of hydrogen-bond acceptors (Lipinski definition) is 6. The zero-order chi connectivity index (χ0) is 24.3. The zero-order valence-electron chi connectivity index (χ0n) is 19.5.